The molecule has 0 aromatic rings. The third kappa shape index (κ3) is 0.970. The molecule has 0 heterocycles. The second-order valence-electron chi connectivity index (χ2n) is 2.53. The minimum Gasteiger partial charge on any atom is -0.353 e. The zero-order valence-corrected chi connectivity index (χ0v) is 6.31. The van der Waals surface area contributed by atoms with Crippen LogP contribution in [0, 0.1) is 5.92 Å². The lowest BCUT2D eigenvalue weighted by molar-refractivity contribution is -0.139. The summed E-state index contributed by atoms with van der Waals surface area (Å²) in [5.41, 5.74) is 0. The quantitative estimate of drug-likeness (QED) is 0.538. The molecule has 1 rings (SSSR count). The van der Waals surface area contributed by atoms with Gasteiger partial charge in [0.25, 0.3) is 0 Å². The van der Waals surface area contributed by atoms with E-state index in [9.17, 15) is 0 Å². The molecule has 2 heteroatoms. The number of hydrogen-bond donors (Lipinski definition) is 0. The van der Waals surface area contributed by atoms with Crippen LogP contribution >= 0.6 is 0 Å². The Balaban J connectivity index is 2.37. The van der Waals surface area contributed by atoms with Crippen LogP contribution in [0.2, 0.25) is 0 Å². The highest BCUT2D eigenvalue weighted by Gasteiger charge is 2.54. The predicted octanol–water partition coefficient (Wildman–Crippen LogP) is 1.41. The summed E-state index contributed by atoms with van der Waals surface area (Å²) in [6.45, 7) is 2.16. The lowest BCUT2D eigenvalue weighted by Gasteiger charge is -2.11. The second-order valence-corrected chi connectivity index (χ2v) is 2.53. The third-order valence-electron chi connectivity index (χ3n) is 2.18. The van der Waals surface area contributed by atoms with Gasteiger partial charge in [-0.15, -0.1) is 0 Å². The number of methoxy groups -OCH3 is 2. The van der Waals surface area contributed by atoms with Crippen molar-refractivity contribution in [3.05, 3.63) is 0 Å². The van der Waals surface area contributed by atoms with Crippen molar-refractivity contribution in [1.29, 1.82) is 0 Å². The van der Waals surface area contributed by atoms with Gasteiger partial charge in [-0.25, -0.2) is 0 Å². The second kappa shape index (κ2) is 2.27. The first kappa shape index (κ1) is 7.03. The molecule has 1 saturated carbocycles. The van der Waals surface area contributed by atoms with Crippen LogP contribution in [-0.4, -0.2) is 20.0 Å². The molecule has 1 aliphatic carbocycles. The van der Waals surface area contributed by atoms with Crippen molar-refractivity contribution in [2.75, 3.05) is 14.2 Å². The van der Waals surface area contributed by atoms with E-state index >= 15 is 0 Å². The first-order valence-electron chi connectivity index (χ1n) is 3.39. The largest absolute Gasteiger partial charge is 0.353 e. The van der Waals surface area contributed by atoms with E-state index in [0.717, 1.165) is 12.8 Å². The van der Waals surface area contributed by atoms with Gasteiger partial charge in [-0.05, 0) is 6.42 Å². The zero-order chi connectivity index (χ0) is 6.91. The van der Waals surface area contributed by atoms with E-state index in [1.807, 2.05) is 0 Å². The number of hydrogen-bond acceptors (Lipinski definition) is 2. The van der Waals surface area contributed by atoms with Crippen molar-refractivity contribution in [1.82, 2.24) is 0 Å². The minimum atomic E-state index is -0.200. The van der Waals surface area contributed by atoms with Crippen LogP contribution in [0.25, 0.3) is 0 Å². The van der Waals surface area contributed by atoms with Gasteiger partial charge in [-0.3, -0.25) is 0 Å². The highest BCUT2D eigenvalue weighted by Crippen LogP contribution is 2.48. The maximum atomic E-state index is 5.18. The smallest absolute Gasteiger partial charge is 0.170 e. The van der Waals surface area contributed by atoms with Gasteiger partial charge in [-0.2, -0.15) is 0 Å². The average molecular weight is 130 g/mol. The molecule has 0 N–H and O–H groups in total. The van der Waals surface area contributed by atoms with Crippen molar-refractivity contribution < 1.29 is 9.47 Å². The molecular formula is C7H14O2. The molecule has 0 saturated heterocycles. The Bertz CT molecular complexity index is 97.1. The average Bonchev–Trinajstić information content (AvgIpc) is 2.63. The molecule has 0 aromatic heterocycles. The molecule has 1 aliphatic rings. The summed E-state index contributed by atoms with van der Waals surface area (Å²) in [5, 5.41) is 0. The predicted molar refractivity (Wildman–Crippen MR) is 35.1 cm³/mol. The summed E-state index contributed by atoms with van der Waals surface area (Å²) in [6.07, 6.45) is 2.22. The summed E-state index contributed by atoms with van der Waals surface area (Å²) in [7, 11) is 3.42. The lowest BCUT2D eigenvalue weighted by Crippen LogP contribution is -2.16. The van der Waals surface area contributed by atoms with Gasteiger partial charge in [0.1, 0.15) is 0 Å². The first-order valence-corrected chi connectivity index (χ1v) is 3.39. The van der Waals surface area contributed by atoms with E-state index in [1.165, 1.54) is 0 Å². The topological polar surface area (TPSA) is 18.5 Å². The van der Waals surface area contributed by atoms with Crippen LogP contribution < -0.4 is 0 Å². The van der Waals surface area contributed by atoms with E-state index in [1.54, 1.807) is 14.2 Å². The Morgan fingerprint density at radius 3 is 2.11 bits per heavy atom. The van der Waals surface area contributed by atoms with E-state index in [0.29, 0.717) is 5.92 Å². The molecule has 1 fully saturated rings. The Hall–Kier alpha value is -0.0800. The van der Waals surface area contributed by atoms with Crippen LogP contribution in [0.3, 0.4) is 0 Å². The van der Waals surface area contributed by atoms with Gasteiger partial charge < -0.3 is 9.47 Å². The number of rotatable bonds is 3. The van der Waals surface area contributed by atoms with E-state index < -0.39 is 0 Å². The Labute approximate surface area is 56.2 Å². The van der Waals surface area contributed by atoms with Crippen molar-refractivity contribution in [3.8, 4) is 0 Å². The summed E-state index contributed by atoms with van der Waals surface area (Å²) in [5.74, 6) is 0.432. The molecule has 0 spiro atoms. The highest BCUT2D eigenvalue weighted by atomic mass is 16.7. The molecule has 1 unspecified atom stereocenters. The lowest BCUT2D eigenvalue weighted by atomic mass is 10.3. The van der Waals surface area contributed by atoms with Gasteiger partial charge in [0, 0.05) is 26.6 Å². The molecular weight excluding hydrogens is 116 g/mol. The van der Waals surface area contributed by atoms with Gasteiger partial charge >= 0.3 is 0 Å². The molecule has 0 amide bonds. The zero-order valence-electron chi connectivity index (χ0n) is 6.31. The van der Waals surface area contributed by atoms with Gasteiger partial charge in [-0.1, -0.05) is 6.92 Å². The van der Waals surface area contributed by atoms with E-state index in [4.69, 9.17) is 9.47 Å². The molecule has 2 nitrogen and oxygen atoms in total. The maximum Gasteiger partial charge on any atom is 0.170 e. The molecule has 0 aromatic carbocycles. The third-order valence-corrected chi connectivity index (χ3v) is 2.18. The van der Waals surface area contributed by atoms with Crippen molar-refractivity contribution in [2.45, 2.75) is 25.6 Å². The maximum absolute atomic E-state index is 5.18. The Morgan fingerprint density at radius 1 is 1.44 bits per heavy atom. The standard InChI is InChI=1S/C7H14O2/c1-4-6-5-7(6,8-2)9-3/h6H,4-5H2,1-3H3. The fourth-order valence-electron chi connectivity index (χ4n) is 1.32. The summed E-state index contributed by atoms with van der Waals surface area (Å²) in [4.78, 5) is 0. The monoisotopic (exact) mass is 130 g/mol. The van der Waals surface area contributed by atoms with E-state index in [2.05, 4.69) is 6.92 Å². The molecule has 0 radical (unpaired) electrons. The Kier molecular flexibility index (Phi) is 1.78. The molecule has 0 aliphatic heterocycles. The van der Waals surface area contributed by atoms with Crippen LogP contribution in [0.15, 0.2) is 0 Å². The fraction of sp³-hybridized carbons (Fsp3) is 1.00. The highest BCUT2D eigenvalue weighted by molar-refractivity contribution is 4.95. The normalized spacial score (nSPS) is 30.3. The van der Waals surface area contributed by atoms with Crippen molar-refractivity contribution >= 4 is 0 Å². The van der Waals surface area contributed by atoms with Gasteiger partial charge in [0.2, 0.25) is 0 Å². The van der Waals surface area contributed by atoms with Gasteiger partial charge in [0.15, 0.2) is 5.79 Å². The summed E-state index contributed by atoms with van der Waals surface area (Å²) < 4.78 is 10.4. The fourth-order valence-corrected chi connectivity index (χ4v) is 1.32. The molecule has 0 bridgehead atoms. The number of ether oxygens (including phenoxy) is 2. The molecule has 9 heavy (non-hydrogen) atoms. The van der Waals surface area contributed by atoms with Crippen molar-refractivity contribution in [3.63, 3.8) is 0 Å². The molecule has 1 atom stereocenters. The minimum absolute atomic E-state index is 0.200. The van der Waals surface area contributed by atoms with Crippen molar-refractivity contribution in [2.24, 2.45) is 5.92 Å². The van der Waals surface area contributed by atoms with Crippen LogP contribution in [0.5, 0.6) is 0 Å². The Morgan fingerprint density at radius 2 is 2.00 bits per heavy atom. The van der Waals surface area contributed by atoms with Crippen LogP contribution in [-0.2, 0) is 9.47 Å². The van der Waals surface area contributed by atoms with Crippen LogP contribution in [0.4, 0.5) is 0 Å². The summed E-state index contributed by atoms with van der Waals surface area (Å²) >= 11 is 0. The SMILES string of the molecule is CCC1CC1(OC)OC. The van der Waals surface area contributed by atoms with E-state index in [-0.39, 0.29) is 5.79 Å². The summed E-state index contributed by atoms with van der Waals surface area (Å²) in [6, 6.07) is 0. The first-order chi connectivity index (χ1) is 4.29. The van der Waals surface area contributed by atoms with Crippen LogP contribution in [0.1, 0.15) is 19.8 Å². The van der Waals surface area contributed by atoms with Gasteiger partial charge in [0.05, 0.1) is 0 Å². The molecule has 54 valence electrons.